The Morgan fingerprint density at radius 3 is 2.62 bits per heavy atom. The Labute approximate surface area is 166 Å². The largest absolute Gasteiger partial charge is 0.354 e. The summed E-state index contributed by atoms with van der Waals surface area (Å²) < 4.78 is 0. The molecule has 0 spiro atoms. The van der Waals surface area contributed by atoms with Crippen molar-refractivity contribution >= 4 is 47.4 Å². The first-order chi connectivity index (χ1) is 11.1. The van der Waals surface area contributed by atoms with E-state index in [0.29, 0.717) is 23.7 Å². The lowest BCUT2D eigenvalue weighted by molar-refractivity contribution is 0.0954. The van der Waals surface area contributed by atoms with E-state index in [4.69, 9.17) is 11.6 Å². The molecule has 0 saturated carbocycles. The predicted octanol–water partition coefficient (Wildman–Crippen LogP) is 3.16. The molecule has 0 aliphatic carbocycles. The van der Waals surface area contributed by atoms with Gasteiger partial charge in [-0.3, -0.25) is 9.79 Å². The number of hydrogen-bond acceptors (Lipinski definition) is 2. The van der Waals surface area contributed by atoms with Crippen LogP contribution in [0.3, 0.4) is 0 Å². The average Bonchev–Trinajstić information content (AvgIpc) is 2.55. The molecule has 0 radical (unpaired) electrons. The van der Waals surface area contributed by atoms with E-state index < -0.39 is 0 Å². The number of nitrogens with zero attached hydrogens (tertiary/aromatic N) is 2. The van der Waals surface area contributed by atoms with Crippen molar-refractivity contribution in [3.63, 3.8) is 0 Å². The van der Waals surface area contributed by atoms with Crippen molar-refractivity contribution in [1.29, 1.82) is 0 Å². The van der Waals surface area contributed by atoms with Crippen LogP contribution < -0.4 is 10.6 Å². The molecule has 134 valence electrons. The number of allylic oxidation sites excluding steroid dienone is 1. The summed E-state index contributed by atoms with van der Waals surface area (Å²) in [6.45, 7) is 5.70. The van der Waals surface area contributed by atoms with Crippen LogP contribution in [0, 0.1) is 0 Å². The lowest BCUT2D eigenvalue weighted by Gasteiger charge is -2.21. The van der Waals surface area contributed by atoms with Crippen molar-refractivity contribution in [3.8, 4) is 0 Å². The van der Waals surface area contributed by atoms with E-state index in [1.165, 1.54) is 0 Å². The van der Waals surface area contributed by atoms with Crippen LogP contribution in [0.5, 0.6) is 0 Å². The molecule has 5 nitrogen and oxygen atoms in total. The van der Waals surface area contributed by atoms with Crippen LogP contribution in [0.4, 0.5) is 0 Å². The van der Waals surface area contributed by atoms with E-state index in [1.54, 1.807) is 31.3 Å². The molecule has 0 fully saturated rings. The topological polar surface area (TPSA) is 56.7 Å². The first kappa shape index (κ1) is 22.7. The van der Waals surface area contributed by atoms with Gasteiger partial charge >= 0.3 is 0 Å². The molecule has 1 aromatic rings. The smallest absolute Gasteiger partial charge is 0.252 e. The molecule has 0 heterocycles. The Morgan fingerprint density at radius 2 is 2.00 bits per heavy atom. The predicted molar refractivity (Wildman–Crippen MR) is 113 cm³/mol. The highest BCUT2D eigenvalue weighted by atomic mass is 127. The van der Waals surface area contributed by atoms with E-state index in [-0.39, 0.29) is 29.9 Å². The van der Waals surface area contributed by atoms with Gasteiger partial charge in [-0.05, 0) is 25.0 Å². The summed E-state index contributed by atoms with van der Waals surface area (Å²) in [6.07, 6.45) is 3.92. The molecule has 1 rings (SSSR count). The van der Waals surface area contributed by atoms with Gasteiger partial charge in [0.15, 0.2) is 5.96 Å². The number of halogens is 2. The SMILES string of the molecule is C=CCCCN(C)C(=NC)NCCNC(=O)c1ccccc1Cl.I. The van der Waals surface area contributed by atoms with Gasteiger partial charge in [0.25, 0.3) is 5.91 Å². The Morgan fingerprint density at radius 1 is 1.33 bits per heavy atom. The maximum Gasteiger partial charge on any atom is 0.252 e. The molecule has 7 heteroatoms. The van der Waals surface area contributed by atoms with Crippen molar-refractivity contribution in [2.45, 2.75) is 12.8 Å². The van der Waals surface area contributed by atoms with E-state index in [9.17, 15) is 4.79 Å². The molecule has 0 unspecified atom stereocenters. The van der Waals surface area contributed by atoms with Gasteiger partial charge in [-0.2, -0.15) is 0 Å². The number of amides is 1. The zero-order valence-corrected chi connectivity index (χ0v) is 17.3. The Hall–Kier alpha value is -1.28. The highest BCUT2D eigenvalue weighted by Crippen LogP contribution is 2.14. The maximum atomic E-state index is 12.0. The van der Waals surface area contributed by atoms with Gasteiger partial charge in [0.1, 0.15) is 0 Å². The van der Waals surface area contributed by atoms with Gasteiger partial charge < -0.3 is 15.5 Å². The van der Waals surface area contributed by atoms with Crippen molar-refractivity contribution in [2.24, 2.45) is 4.99 Å². The highest BCUT2D eigenvalue weighted by molar-refractivity contribution is 14.0. The lowest BCUT2D eigenvalue weighted by atomic mass is 10.2. The summed E-state index contributed by atoms with van der Waals surface area (Å²) in [5.41, 5.74) is 0.486. The molecule has 0 aromatic heterocycles. The number of benzene rings is 1. The van der Waals surface area contributed by atoms with Crippen LogP contribution in [0.25, 0.3) is 0 Å². The second kappa shape index (κ2) is 13.1. The van der Waals surface area contributed by atoms with E-state index in [2.05, 4.69) is 27.1 Å². The monoisotopic (exact) mass is 464 g/mol. The average molecular weight is 465 g/mol. The second-order valence-electron chi connectivity index (χ2n) is 5.06. The van der Waals surface area contributed by atoms with Crippen LogP contribution in [0.15, 0.2) is 41.9 Å². The molecule has 0 saturated heterocycles. The van der Waals surface area contributed by atoms with Gasteiger partial charge in [-0.1, -0.05) is 29.8 Å². The highest BCUT2D eigenvalue weighted by Gasteiger charge is 2.09. The van der Waals surface area contributed by atoms with Crippen LogP contribution in [-0.2, 0) is 0 Å². The molecule has 1 aromatic carbocycles. The first-order valence-electron chi connectivity index (χ1n) is 7.65. The number of unbranched alkanes of at least 4 members (excludes halogenated alkanes) is 1. The molecule has 0 aliphatic rings. The summed E-state index contributed by atoms with van der Waals surface area (Å²) in [4.78, 5) is 18.3. The maximum absolute atomic E-state index is 12.0. The third-order valence-electron chi connectivity index (χ3n) is 3.29. The van der Waals surface area contributed by atoms with Gasteiger partial charge in [0, 0.05) is 33.7 Å². The summed E-state index contributed by atoms with van der Waals surface area (Å²) in [5, 5.41) is 6.51. The minimum atomic E-state index is -0.174. The van der Waals surface area contributed by atoms with E-state index in [0.717, 1.165) is 25.3 Å². The van der Waals surface area contributed by atoms with Gasteiger partial charge in [0.2, 0.25) is 0 Å². The fraction of sp³-hybridized carbons (Fsp3) is 0.412. The number of guanidine groups is 1. The fourth-order valence-corrected chi connectivity index (χ4v) is 2.28. The lowest BCUT2D eigenvalue weighted by Crippen LogP contribution is -2.42. The third kappa shape index (κ3) is 8.01. The van der Waals surface area contributed by atoms with Crippen molar-refractivity contribution in [1.82, 2.24) is 15.5 Å². The third-order valence-corrected chi connectivity index (χ3v) is 3.62. The van der Waals surface area contributed by atoms with Gasteiger partial charge in [-0.15, -0.1) is 30.6 Å². The zero-order valence-electron chi connectivity index (χ0n) is 14.2. The van der Waals surface area contributed by atoms with Crippen LogP contribution in [0.1, 0.15) is 23.2 Å². The normalized spacial score (nSPS) is 10.5. The number of hydrogen-bond donors (Lipinski definition) is 2. The number of carbonyl (C=O) groups is 1. The van der Waals surface area contributed by atoms with Crippen molar-refractivity contribution < 1.29 is 4.79 Å². The Bertz CT molecular complexity index is 551. The quantitative estimate of drug-likeness (QED) is 0.204. The fourth-order valence-electron chi connectivity index (χ4n) is 2.05. The molecule has 1 amide bonds. The first-order valence-corrected chi connectivity index (χ1v) is 8.03. The number of rotatable bonds is 8. The standard InChI is InChI=1S/C17H25ClN4O.HI/c1-4-5-8-13-22(3)17(19-2)21-12-11-20-16(23)14-9-6-7-10-15(14)18;/h4,6-7,9-10H,1,5,8,11-13H2,2-3H3,(H,19,21)(H,20,23);1H. The minimum Gasteiger partial charge on any atom is -0.354 e. The van der Waals surface area contributed by atoms with Crippen LogP contribution >= 0.6 is 35.6 Å². The molecule has 24 heavy (non-hydrogen) atoms. The molecule has 2 N–H and O–H groups in total. The van der Waals surface area contributed by atoms with Crippen molar-refractivity contribution in [2.75, 3.05) is 33.7 Å². The zero-order chi connectivity index (χ0) is 17.1. The summed E-state index contributed by atoms with van der Waals surface area (Å²) in [5.74, 6) is 0.632. The molecular formula is C17H26ClIN4O. The second-order valence-corrected chi connectivity index (χ2v) is 5.47. The van der Waals surface area contributed by atoms with Crippen molar-refractivity contribution in [3.05, 3.63) is 47.5 Å². The van der Waals surface area contributed by atoms with Crippen LogP contribution in [-0.4, -0.2) is 50.5 Å². The number of nitrogens with one attached hydrogen (secondary N) is 2. The minimum absolute atomic E-state index is 0. The Kier molecular flexibility index (Phi) is 12.4. The molecule has 0 aliphatic heterocycles. The Balaban J connectivity index is 0.00000529. The van der Waals surface area contributed by atoms with E-state index >= 15 is 0 Å². The molecule has 0 bridgehead atoms. The number of carbonyl (C=O) groups excluding carboxylic acids is 1. The summed E-state index contributed by atoms with van der Waals surface area (Å²) in [6, 6.07) is 7.00. The van der Waals surface area contributed by atoms with Crippen LogP contribution in [0.2, 0.25) is 5.02 Å². The number of aliphatic imine (C=N–C) groups is 1. The molecule has 0 atom stereocenters. The summed E-state index contributed by atoms with van der Waals surface area (Å²) in [7, 11) is 3.73. The van der Waals surface area contributed by atoms with E-state index in [1.807, 2.05) is 13.1 Å². The molecular weight excluding hydrogens is 439 g/mol. The summed E-state index contributed by atoms with van der Waals surface area (Å²) >= 11 is 6.00. The van der Waals surface area contributed by atoms with Gasteiger partial charge in [0.05, 0.1) is 10.6 Å². The van der Waals surface area contributed by atoms with Gasteiger partial charge in [-0.25, -0.2) is 0 Å².